The Morgan fingerprint density at radius 3 is 2.48 bits per heavy atom. The van der Waals surface area contributed by atoms with Gasteiger partial charge in [0.2, 0.25) is 0 Å². The Morgan fingerprint density at radius 1 is 1.19 bits per heavy atom. The van der Waals surface area contributed by atoms with Crippen LogP contribution in [-0.2, 0) is 6.42 Å². The highest BCUT2D eigenvalue weighted by Crippen LogP contribution is 2.26. The topological polar surface area (TPSA) is 38.0 Å². The number of rotatable bonds is 6. The van der Waals surface area contributed by atoms with Gasteiger partial charge in [0.25, 0.3) is 0 Å². The Labute approximate surface area is 133 Å². The summed E-state index contributed by atoms with van der Waals surface area (Å²) in [4.78, 5) is 0. The molecule has 4 heteroatoms. The van der Waals surface area contributed by atoms with E-state index in [9.17, 15) is 4.39 Å². The van der Waals surface area contributed by atoms with Gasteiger partial charge >= 0.3 is 0 Å². The van der Waals surface area contributed by atoms with Crippen LogP contribution >= 0.6 is 15.9 Å². The lowest BCUT2D eigenvalue weighted by atomic mass is 9.86. The highest BCUT2D eigenvalue weighted by Gasteiger charge is 2.21. The van der Waals surface area contributed by atoms with Crippen LogP contribution in [0.5, 0.6) is 0 Å². The van der Waals surface area contributed by atoms with Crippen LogP contribution in [0.1, 0.15) is 30.4 Å². The Bertz CT molecular complexity index is 554. The predicted molar refractivity (Wildman–Crippen MR) is 88.4 cm³/mol. The standard InChI is InChI=1S/C17H20BrFN2/c1-2-16(13-6-4-3-5-7-13)17(21-20)10-12-8-14(18)11-15(19)9-12/h3-9,11,16-17,21H,2,10,20H2,1H3. The van der Waals surface area contributed by atoms with Crippen LogP contribution in [0.25, 0.3) is 0 Å². The minimum atomic E-state index is -0.233. The van der Waals surface area contributed by atoms with Crippen molar-refractivity contribution in [1.82, 2.24) is 5.43 Å². The maximum Gasteiger partial charge on any atom is 0.124 e. The average molecular weight is 351 g/mol. The number of benzene rings is 2. The van der Waals surface area contributed by atoms with Gasteiger partial charge in [0.05, 0.1) is 0 Å². The van der Waals surface area contributed by atoms with E-state index in [1.807, 2.05) is 24.3 Å². The Morgan fingerprint density at radius 2 is 1.90 bits per heavy atom. The van der Waals surface area contributed by atoms with Gasteiger partial charge < -0.3 is 0 Å². The first kappa shape index (κ1) is 16.1. The van der Waals surface area contributed by atoms with Crippen LogP contribution in [-0.4, -0.2) is 6.04 Å². The van der Waals surface area contributed by atoms with Crippen molar-refractivity contribution in [3.63, 3.8) is 0 Å². The second-order valence-corrected chi connectivity index (χ2v) is 6.10. The first-order valence-electron chi connectivity index (χ1n) is 7.10. The molecule has 0 aromatic heterocycles. The molecule has 0 aliphatic carbocycles. The van der Waals surface area contributed by atoms with Gasteiger partial charge in [0.1, 0.15) is 5.82 Å². The number of hydrazine groups is 1. The molecule has 2 nitrogen and oxygen atoms in total. The maximum atomic E-state index is 13.5. The molecule has 2 aromatic rings. The first-order valence-corrected chi connectivity index (χ1v) is 7.89. The monoisotopic (exact) mass is 350 g/mol. The van der Waals surface area contributed by atoms with E-state index >= 15 is 0 Å². The van der Waals surface area contributed by atoms with Gasteiger partial charge in [-0.1, -0.05) is 53.2 Å². The van der Waals surface area contributed by atoms with Crippen molar-refractivity contribution in [3.8, 4) is 0 Å². The quantitative estimate of drug-likeness (QED) is 0.606. The molecule has 0 radical (unpaired) electrons. The summed E-state index contributed by atoms with van der Waals surface area (Å²) < 4.78 is 14.3. The predicted octanol–water partition coefficient (Wildman–Crippen LogP) is 4.16. The lowest BCUT2D eigenvalue weighted by Gasteiger charge is -2.26. The third-order valence-corrected chi connectivity index (χ3v) is 4.20. The van der Waals surface area contributed by atoms with E-state index in [4.69, 9.17) is 5.84 Å². The molecule has 2 rings (SSSR count). The number of nitrogens with one attached hydrogen (secondary N) is 1. The summed E-state index contributed by atoms with van der Waals surface area (Å²) in [5.41, 5.74) is 5.08. The molecule has 3 N–H and O–H groups in total. The van der Waals surface area contributed by atoms with E-state index in [-0.39, 0.29) is 11.9 Å². The van der Waals surface area contributed by atoms with E-state index < -0.39 is 0 Å². The summed E-state index contributed by atoms with van der Waals surface area (Å²) in [6.07, 6.45) is 1.65. The van der Waals surface area contributed by atoms with Gasteiger partial charge in [-0.2, -0.15) is 0 Å². The highest BCUT2D eigenvalue weighted by atomic mass is 79.9. The van der Waals surface area contributed by atoms with Gasteiger partial charge in [0, 0.05) is 16.4 Å². The average Bonchev–Trinajstić information content (AvgIpc) is 2.47. The molecule has 0 bridgehead atoms. The third-order valence-electron chi connectivity index (χ3n) is 3.75. The summed E-state index contributed by atoms with van der Waals surface area (Å²) in [5.74, 6) is 5.81. The van der Waals surface area contributed by atoms with Crippen LogP contribution in [0.15, 0.2) is 53.0 Å². The largest absolute Gasteiger partial charge is 0.271 e. The molecular formula is C17H20BrFN2. The van der Waals surface area contributed by atoms with Crippen molar-refractivity contribution in [2.45, 2.75) is 31.7 Å². The highest BCUT2D eigenvalue weighted by molar-refractivity contribution is 9.10. The van der Waals surface area contributed by atoms with E-state index in [2.05, 4.69) is 40.4 Å². The smallest absolute Gasteiger partial charge is 0.124 e. The zero-order valence-electron chi connectivity index (χ0n) is 12.0. The van der Waals surface area contributed by atoms with E-state index in [1.165, 1.54) is 11.6 Å². The molecule has 0 fully saturated rings. The van der Waals surface area contributed by atoms with Crippen LogP contribution in [0.2, 0.25) is 0 Å². The van der Waals surface area contributed by atoms with Crippen molar-refractivity contribution in [2.24, 2.45) is 5.84 Å². The number of hydrogen-bond acceptors (Lipinski definition) is 2. The van der Waals surface area contributed by atoms with E-state index in [0.717, 1.165) is 16.5 Å². The van der Waals surface area contributed by atoms with Gasteiger partial charge in [-0.3, -0.25) is 11.3 Å². The molecule has 0 saturated heterocycles. The molecule has 0 aliphatic heterocycles. The fourth-order valence-electron chi connectivity index (χ4n) is 2.75. The minimum absolute atomic E-state index is 0.0612. The summed E-state index contributed by atoms with van der Waals surface area (Å²) in [5, 5.41) is 0. The second-order valence-electron chi connectivity index (χ2n) is 5.18. The van der Waals surface area contributed by atoms with Crippen molar-refractivity contribution in [3.05, 3.63) is 69.9 Å². The zero-order valence-corrected chi connectivity index (χ0v) is 13.6. The van der Waals surface area contributed by atoms with Gasteiger partial charge in [-0.05, 0) is 42.2 Å². The van der Waals surface area contributed by atoms with E-state index in [1.54, 1.807) is 6.07 Å². The van der Waals surface area contributed by atoms with E-state index in [0.29, 0.717) is 12.3 Å². The number of nitrogens with two attached hydrogens (primary N) is 1. The Kier molecular flexibility index (Phi) is 5.91. The molecule has 0 amide bonds. The van der Waals surface area contributed by atoms with Crippen molar-refractivity contribution in [1.29, 1.82) is 0 Å². The van der Waals surface area contributed by atoms with Crippen LogP contribution in [0, 0.1) is 5.82 Å². The fraction of sp³-hybridized carbons (Fsp3) is 0.294. The second kappa shape index (κ2) is 7.69. The molecule has 0 heterocycles. The molecule has 0 aliphatic rings. The SMILES string of the molecule is CCC(c1ccccc1)C(Cc1cc(F)cc(Br)c1)NN. The van der Waals surface area contributed by atoms with Gasteiger partial charge in [-0.25, -0.2) is 4.39 Å². The molecular weight excluding hydrogens is 331 g/mol. The molecule has 2 atom stereocenters. The maximum absolute atomic E-state index is 13.5. The molecule has 0 saturated carbocycles. The number of halogens is 2. The molecule has 2 aromatic carbocycles. The summed E-state index contributed by atoms with van der Waals surface area (Å²) >= 11 is 3.33. The van der Waals surface area contributed by atoms with Crippen LogP contribution in [0.3, 0.4) is 0 Å². The summed E-state index contributed by atoms with van der Waals surface area (Å²) in [7, 11) is 0. The zero-order chi connectivity index (χ0) is 15.2. The summed E-state index contributed by atoms with van der Waals surface area (Å²) in [6, 6.07) is 15.3. The van der Waals surface area contributed by atoms with Crippen molar-refractivity contribution >= 4 is 15.9 Å². The molecule has 0 spiro atoms. The van der Waals surface area contributed by atoms with Crippen LogP contribution in [0.4, 0.5) is 4.39 Å². The Balaban J connectivity index is 2.21. The van der Waals surface area contributed by atoms with Crippen molar-refractivity contribution < 1.29 is 4.39 Å². The Hall–Kier alpha value is -1.23. The molecule has 112 valence electrons. The normalized spacial score (nSPS) is 13.9. The fourth-order valence-corrected chi connectivity index (χ4v) is 3.27. The summed E-state index contributed by atoms with van der Waals surface area (Å²) in [6.45, 7) is 2.14. The lowest BCUT2D eigenvalue weighted by molar-refractivity contribution is 0.426. The minimum Gasteiger partial charge on any atom is -0.271 e. The molecule has 21 heavy (non-hydrogen) atoms. The van der Waals surface area contributed by atoms with Gasteiger partial charge in [0.15, 0.2) is 0 Å². The third kappa shape index (κ3) is 4.37. The molecule has 2 unspecified atom stereocenters. The van der Waals surface area contributed by atoms with Gasteiger partial charge in [-0.15, -0.1) is 0 Å². The van der Waals surface area contributed by atoms with Crippen molar-refractivity contribution in [2.75, 3.05) is 0 Å². The lowest BCUT2D eigenvalue weighted by Crippen LogP contribution is -2.41. The first-order chi connectivity index (χ1) is 10.1. The van der Waals surface area contributed by atoms with Crippen LogP contribution < -0.4 is 11.3 Å². The number of hydrogen-bond donors (Lipinski definition) is 2.